The third kappa shape index (κ3) is 3.96. The highest BCUT2D eigenvalue weighted by Gasteiger charge is 2.15. The Labute approximate surface area is 112 Å². The number of amides is 2. The number of anilines is 1. The van der Waals surface area contributed by atoms with Gasteiger partial charge in [-0.2, -0.15) is 0 Å². The minimum absolute atomic E-state index is 0.212. The first-order chi connectivity index (χ1) is 8.99. The van der Waals surface area contributed by atoms with E-state index in [4.69, 9.17) is 16.2 Å². The molecular formula is C13H19N3O3. The standard InChI is InChI=1S/C13H19N3O3/c1-3-19-9-4-5-11(10(6-9)12(15)17)16-13(18)8(2)7-14/h4-6,8H,3,7,14H2,1-2H3,(H2,15,17)(H,16,18). The van der Waals surface area contributed by atoms with Crippen LogP contribution >= 0.6 is 0 Å². The van der Waals surface area contributed by atoms with Crippen molar-refractivity contribution < 1.29 is 14.3 Å². The van der Waals surface area contributed by atoms with Gasteiger partial charge in [-0.3, -0.25) is 9.59 Å². The van der Waals surface area contributed by atoms with Crippen LogP contribution < -0.4 is 21.5 Å². The van der Waals surface area contributed by atoms with Crippen molar-refractivity contribution in [2.45, 2.75) is 13.8 Å². The Bertz CT molecular complexity index is 474. The van der Waals surface area contributed by atoms with Crippen molar-refractivity contribution in [1.29, 1.82) is 0 Å². The maximum absolute atomic E-state index is 11.8. The van der Waals surface area contributed by atoms with Crippen LogP contribution in [0.4, 0.5) is 5.69 Å². The number of rotatable bonds is 6. The predicted octanol–water partition coefficient (Wildman–Crippen LogP) is 0.718. The SMILES string of the molecule is CCOc1ccc(NC(=O)C(C)CN)c(C(N)=O)c1. The largest absolute Gasteiger partial charge is 0.494 e. The molecule has 6 nitrogen and oxygen atoms in total. The average Bonchev–Trinajstić information content (AvgIpc) is 2.39. The molecule has 0 saturated carbocycles. The minimum atomic E-state index is -0.628. The maximum atomic E-state index is 11.8. The first-order valence-electron chi connectivity index (χ1n) is 6.07. The van der Waals surface area contributed by atoms with Crippen molar-refractivity contribution >= 4 is 17.5 Å². The molecule has 0 heterocycles. The smallest absolute Gasteiger partial charge is 0.250 e. The molecule has 2 amide bonds. The van der Waals surface area contributed by atoms with Gasteiger partial charge in [0.1, 0.15) is 5.75 Å². The van der Waals surface area contributed by atoms with E-state index < -0.39 is 5.91 Å². The van der Waals surface area contributed by atoms with Crippen molar-refractivity contribution in [3.05, 3.63) is 23.8 Å². The molecular weight excluding hydrogens is 246 g/mol. The summed E-state index contributed by atoms with van der Waals surface area (Å²) in [4.78, 5) is 23.1. The number of ether oxygens (including phenoxy) is 1. The Kier molecular flexibility index (Phi) is 5.32. The van der Waals surface area contributed by atoms with Gasteiger partial charge in [-0.25, -0.2) is 0 Å². The Morgan fingerprint density at radius 1 is 1.42 bits per heavy atom. The summed E-state index contributed by atoms with van der Waals surface area (Å²) >= 11 is 0. The number of carbonyl (C=O) groups is 2. The molecule has 0 fully saturated rings. The van der Waals surface area contributed by atoms with Crippen LogP contribution in [0.25, 0.3) is 0 Å². The molecule has 5 N–H and O–H groups in total. The van der Waals surface area contributed by atoms with E-state index in [0.29, 0.717) is 18.0 Å². The van der Waals surface area contributed by atoms with Crippen LogP contribution in [0, 0.1) is 5.92 Å². The molecule has 0 radical (unpaired) electrons. The number of primary amides is 1. The van der Waals surface area contributed by atoms with Crippen LogP contribution in [0.1, 0.15) is 24.2 Å². The molecule has 6 heteroatoms. The fourth-order valence-electron chi connectivity index (χ4n) is 1.46. The summed E-state index contributed by atoms with van der Waals surface area (Å²) in [6, 6.07) is 4.76. The van der Waals surface area contributed by atoms with E-state index in [1.165, 1.54) is 6.07 Å². The van der Waals surface area contributed by atoms with Gasteiger partial charge in [0.2, 0.25) is 5.91 Å². The van der Waals surface area contributed by atoms with Crippen molar-refractivity contribution in [2.24, 2.45) is 17.4 Å². The topological polar surface area (TPSA) is 107 Å². The Morgan fingerprint density at radius 2 is 2.11 bits per heavy atom. The zero-order valence-corrected chi connectivity index (χ0v) is 11.1. The molecule has 0 bridgehead atoms. The molecule has 1 unspecified atom stereocenters. The number of benzene rings is 1. The molecule has 19 heavy (non-hydrogen) atoms. The van der Waals surface area contributed by atoms with Gasteiger partial charge >= 0.3 is 0 Å². The van der Waals surface area contributed by atoms with Crippen LogP contribution in [0.3, 0.4) is 0 Å². The van der Waals surface area contributed by atoms with Crippen LogP contribution in [0.2, 0.25) is 0 Å². The molecule has 0 aromatic heterocycles. The summed E-state index contributed by atoms with van der Waals surface area (Å²) < 4.78 is 5.28. The van der Waals surface area contributed by atoms with Gasteiger partial charge in [0.25, 0.3) is 5.91 Å². The van der Waals surface area contributed by atoms with E-state index in [9.17, 15) is 9.59 Å². The van der Waals surface area contributed by atoms with E-state index in [2.05, 4.69) is 5.32 Å². The van der Waals surface area contributed by atoms with Crippen LogP contribution in [0.15, 0.2) is 18.2 Å². The van der Waals surface area contributed by atoms with Gasteiger partial charge < -0.3 is 21.5 Å². The number of nitrogens with two attached hydrogens (primary N) is 2. The predicted molar refractivity (Wildman–Crippen MR) is 73.0 cm³/mol. The first-order valence-corrected chi connectivity index (χ1v) is 6.07. The molecule has 1 aromatic rings. The molecule has 1 aromatic carbocycles. The molecule has 0 saturated heterocycles. The highest BCUT2D eigenvalue weighted by atomic mass is 16.5. The Hall–Kier alpha value is -2.08. The molecule has 0 aliphatic heterocycles. The van der Waals surface area contributed by atoms with Gasteiger partial charge in [0.15, 0.2) is 0 Å². The number of nitrogens with one attached hydrogen (secondary N) is 1. The quantitative estimate of drug-likeness (QED) is 0.704. The fourth-order valence-corrected chi connectivity index (χ4v) is 1.46. The van der Waals surface area contributed by atoms with Crippen molar-refractivity contribution in [3.8, 4) is 5.75 Å². The van der Waals surface area contributed by atoms with Crippen molar-refractivity contribution in [3.63, 3.8) is 0 Å². The van der Waals surface area contributed by atoms with E-state index >= 15 is 0 Å². The molecule has 104 valence electrons. The van der Waals surface area contributed by atoms with E-state index in [-0.39, 0.29) is 23.9 Å². The normalized spacial score (nSPS) is 11.7. The number of hydrogen-bond donors (Lipinski definition) is 3. The Morgan fingerprint density at radius 3 is 2.63 bits per heavy atom. The highest BCUT2D eigenvalue weighted by molar-refractivity contribution is 6.03. The van der Waals surface area contributed by atoms with Crippen LogP contribution in [-0.2, 0) is 4.79 Å². The lowest BCUT2D eigenvalue weighted by Crippen LogP contribution is -2.28. The van der Waals surface area contributed by atoms with Gasteiger partial charge in [0, 0.05) is 12.5 Å². The van der Waals surface area contributed by atoms with Gasteiger partial charge in [0.05, 0.1) is 17.9 Å². The second-order valence-electron chi connectivity index (χ2n) is 4.13. The second-order valence-corrected chi connectivity index (χ2v) is 4.13. The zero-order chi connectivity index (χ0) is 14.4. The third-order valence-electron chi connectivity index (χ3n) is 2.63. The third-order valence-corrected chi connectivity index (χ3v) is 2.63. The molecule has 0 aliphatic rings. The van der Waals surface area contributed by atoms with Crippen molar-refractivity contribution in [2.75, 3.05) is 18.5 Å². The highest BCUT2D eigenvalue weighted by Crippen LogP contribution is 2.22. The summed E-state index contributed by atoms with van der Waals surface area (Å²) in [6.45, 7) is 4.25. The van der Waals surface area contributed by atoms with Crippen molar-refractivity contribution in [1.82, 2.24) is 0 Å². The van der Waals surface area contributed by atoms with E-state index in [1.807, 2.05) is 6.92 Å². The summed E-state index contributed by atoms with van der Waals surface area (Å²) in [7, 11) is 0. The zero-order valence-electron chi connectivity index (χ0n) is 11.1. The summed E-state index contributed by atoms with van der Waals surface area (Å²) in [5.74, 6) is -0.695. The molecule has 1 rings (SSSR count). The minimum Gasteiger partial charge on any atom is -0.494 e. The monoisotopic (exact) mass is 265 g/mol. The number of hydrogen-bond acceptors (Lipinski definition) is 4. The van der Waals surface area contributed by atoms with Crippen LogP contribution in [-0.4, -0.2) is 25.0 Å². The molecule has 0 spiro atoms. The lowest BCUT2D eigenvalue weighted by molar-refractivity contribution is -0.119. The first kappa shape index (κ1) is 15.0. The Balaban J connectivity index is 3.00. The van der Waals surface area contributed by atoms with E-state index in [0.717, 1.165) is 0 Å². The fraction of sp³-hybridized carbons (Fsp3) is 0.385. The number of carbonyl (C=O) groups excluding carboxylic acids is 2. The lowest BCUT2D eigenvalue weighted by Gasteiger charge is -2.13. The lowest BCUT2D eigenvalue weighted by atomic mass is 10.1. The summed E-state index contributed by atoms with van der Waals surface area (Å²) in [5, 5.41) is 2.64. The maximum Gasteiger partial charge on any atom is 0.250 e. The molecule has 1 atom stereocenters. The van der Waals surface area contributed by atoms with E-state index in [1.54, 1.807) is 19.1 Å². The molecule has 0 aliphatic carbocycles. The van der Waals surface area contributed by atoms with Gasteiger partial charge in [-0.15, -0.1) is 0 Å². The summed E-state index contributed by atoms with van der Waals surface area (Å²) in [6.07, 6.45) is 0. The van der Waals surface area contributed by atoms with Gasteiger partial charge in [-0.05, 0) is 25.1 Å². The summed E-state index contributed by atoms with van der Waals surface area (Å²) in [5.41, 5.74) is 11.3. The average molecular weight is 265 g/mol. The second kappa shape index (κ2) is 6.75. The van der Waals surface area contributed by atoms with Gasteiger partial charge in [-0.1, -0.05) is 6.92 Å². The van der Waals surface area contributed by atoms with Crippen LogP contribution in [0.5, 0.6) is 5.75 Å².